The van der Waals surface area contributed by atoms with Gasteiger partial charge in [0, 0.05) is 18.5 Å². The smallest absolute Gasteiger partial charge is 0.222 e. The van der Waals surface area contributed by atoms with Crippen molar-refractivity contribution in [3.63, 3.8) is 0 Å². The van der Waals surface area contributed by atoms with Crippen molar-refractivity contribution >= 4 is 22.8 Å². The molecular weight excluding hydrogens is 202 g/mol. The molecule has 1 amide bonds. The Labute approximate surface area is 95.1 Å². The van der Waals surface area contributed by atoms with Crippen molar-refractivity contribution in [3.05, 3.63) is 23.9 Å². The number of anilines is 1. The summed E-state index contributed by atoms with van der Waals surface area (Å²) in [6.07, 6.45) is 1.84. The summed E-state index contributed by atoms with van der Waals surface area (Å²) in [6, 6.07) is 3.83. The van der Waals surface area contributed by atoms with Gasteiger partial charge in [-0.25, -0.2) is 4.98 Å². The maximum Gasteiger partial charge on any atom is 0.222 e. The molecule has 2 aromatic rings. The van der Waals surface area contributed by atoms with Crippen LogP contribution in [0.2, 0.25) is 0 Å². The molecule has 0 aliphatic carbocycles. The van der Waals surface area contributed by atoms with E-state index in [1.165, 1.54) is 6.92 Å². The predicted molar refractivity (Wildman–Crippen MR) is 66.5 cm³/mol. The third-order valence-corrected chi connectivity index (χ3v) is 2.04. The number of hydrogen-bond acceptors (Lipinski definition) is 2. The molecule has 2 aromatic heterocycles. The Morgan fingerprint density at radius 1 is 1.44 bits per heavy atom. The fourth-order valence-corrected chi connectivity index (χ4v) is 1.45. The minimum absolute atomic E-state index is 0.109. The van der Waals surface area contributed by atoms with Gasteiger partial charge in [-0.3, -0.25) is 4.79 Å². The van der Waals surface area contributed by atoms with Crippen molar-refractivity contribution in [3.8, 4) is 0 Å². The maximum atomic E-state index is 10.8. The van der Waals surface area contributed by atoms with E-state index in [0.717, 1.165) is 16.6 Å². The summed E-state index contributed by atoms with van der Waals surface area (Å²) >= 11 is 0. The van der Waals surface area contributed by atoms with Crippen molar-refractivity contribution in [2.24, 2.45) is 0 Å². The Hall–Kier alpha value is -1.84. The van der Waals surface area contributed by atoms with Gasteiger partial charge in [-0.15, -0.1) is 0 Å². The summed E-state index contributed by atoms with van der Waals surface area (Å²) in [5, 5.41) is 3.74. The second-order valence-electron chi connectivity index (χ2n) is 3.25. The van der Waals surface area contributed by atoms with E-state index in [1.54, 1.807) is 0 Å². The molecule has 2 rings (SSSR count). The maximum absolute atomic E-state index is 10.8. The summed E-state index contributed by atoms with van der Waals surface area (Å²) in [4.78, 5) is 18.1. The van der Waals surface area contributed by atoms with E-state index >= 15 is 0 Å². The van der Waals surface area contributed by atoms with Crippen molar-refractivity contribution in [1.29, 1.82) is 0 Å². The standard InChI is InChI=1S/C10H11N3O.C2H6/c1-6-5-9(12-7(2)14)13-10-8(6)3-4-11-10;1-2/h3-5H,1-2H3,(H2,11,12,13,14);1-2H3. The summed E-state index contributed by atoms with van der Waals surface area (Å²) in [6.45, 7) is 7.46. The van der Waals surface area contributed by atoms with Gasteiger partial charge in [0.15, 0.2) is 0 Å². The molecule has 4 heteroatoms. The van der Waals surface area contributed by atoms with Crippen LogP contribution in [0, 0.1) is 6.92 Å². The van der Waals surface area contributed by atoms with Crippen LogP contribution < -0.4 is 5.32 Å². The van der Waals surface area contributed by atoms with E-state index in [1.807, 2.05) is 39.1 Å². The first kappa shape index (κ1) is 12.2. The number of aryl methyl sites for hydroxylation is 1. The molecule has 0 saturated carbocycles. The van der Waals surface area contributed by atoms with Gasteiger partial charge in [0.25, 0.3) is 0 Å². The summed E-state index contributed by atoms with van der Waals surface area (Å²) in [5.41, 5.74) is 1.90. The van der Waals surface area contributed by atoms with Crippen LogP contribution in [-0.2, 0) is 4.79 Å². The van der Waals surface area contributed by atoms with E-state index in [4.69, 9.17) is 0 Å². The van der Waals surface area contributed by atoms with Gasteiger partial charge < -0.3 is 10.3 Å². The van der Waals surface area contributed by atoms with Crippen molar-refractivity contribution in [2.45, 2.75) is 27.7 Å². The van der Waals surface area contributed by atoms with Gasteiger partial charge in [0.05, 0.1) is 0 Å². The fourth-order valence-electron chi connectivity index (χ4n) is 1.45. The number of aromatic amines is 1. The average Bonchev–Trinajstić information content (AvgIpc) is 2.68. The third kappa shape index (κ3) is 2.59. The first-order valence-corrected chi connectivity index (χ1v) is 5.39. The summed E-state index contributed by atoms with van der Waals surface area (Å²) < 4.78 is 0. The molecule has 16 heavy (non-hydrogen) atoms. The van der Waals surface area contributed by atoms with E-state index in [9.17, 15) is 4.79 Å². The van der Waals surface area contributed by atoms with Crippen LogP contribution >= 0.6 is 0 Å². The Balaban J connectivity index is 0.000000606. The topological polar surface area (TPSA) is 57.8 Å². The number of nitrogens with one attached hydrogen (secondary N) is 2. The van der Waals surface area contributed by atoms with Crippen molar-refractivity contribution in [2.75, 3.05) is 5.32 Å². The van der Waals surface area contributed by atoms with Crippen LogP contribution in [0.15, 0.2) is 18.3 Å². The molecule has 2 N–H and O–H groups in total. The average molecular weight is 219 g/mol. The van der Waals surface area contributed by atoms with E-state index < -0.39 is 0 Å². The number of aromatic nitrogens is 2. The van der Waals surface area contributed by atoms with Gasteiger partial charge in [-0.2, -0.15) is 0 Å². The first-order chi connectivity index (χ1) is 7.66. The van der Waals surface area contributed by atoms with Crippen LogP contribution in [0.3, 0.4) is 0 Å². The molecule has 0 atom stereocenters. The molecule has 4 nitrogen and oxygen atoms in total. The van der Waals surface area contributed by atoms with Gasteiger partial charge in [-0.05, 0) is 24.6 Å². The second kappa shape index (κ2) is 5.30. The zero-order chi connectivity index (χ0) is 12.1. The first-order valence-electron chi connectivity index (χ1n) is 5.39. The lowest BCUT2D eigenvalue weighted by atomic mass is 10.2. The van der Waals surface area contributed by atoms with E-state index in [-0.39, 0.29) is 5.91 Å². The Morgan fingerprint density at radius 2 is 2.12 bits per heavy atom. The number of fused-ring (bicyclic) bond motifs is 1. The van der Waals surface area contributed by atoms with Crippen LogP contribution in [0.25, 0.3) is 11.0 Å². The largest absolute Gasteiger partial charge is 0.346 e. The Morgan fingerprint density at radius 3 is 2.75 bits per heavy atom. The molecule has 0 aromatic carbocycles. The molecule has 2 heterocycles. The monoisotopic (exact) mass is 219 g/mol. The summed E-state index contributed by atoms with van der Waals surface area (Å²) in [5.74, 6) is 0.479. The van der Waals surface area contributed by atoms with Crippen molar-refractivity contribution in [1.82, 2.24) is 9.97 Å². The van der Waals surface area contributed by atoms with Crippen LogP contribution in [0.5, 0.6) is 0 Å². The number of amides is 1. The van der Waals surface area contributed by atoms with Crippen LogP contribution in [-0.4, -0.2) is 15.9 Å². The highest BCUT2D eigenvalue weighted by Gasteiger charge is 2.03. The number of H-pyrrole nitrogens is 1. The molecule has 0 spiro atoms. The minimum atomic E-state index is -0.109. The lowest BCUT2D eigenvalue weighted by Gasteiger charge is -2.02. The highest BCUT2D eigenvalue weighted by Crippen LogP contribution is 2.18. The number of carbonyl (C=O) groups excluding carboxylic acids is 1. The molecule has 0 fully saturated rings. The second-order valence-corrected chi connectivity index (χ2v) is 3.25. The fraction of sp³-hybridized carbons (Fsp3) is 0.333. The van der Waals surface area contributed by atoms with Crippen molar-refractivity contribution < 1.29 is 4.79 Å². The SMILES string of the molecule is CC.CC(=O)Nc1cc(C)c2cc[nH]c2n1. The number of hydrogen-bond donors (Lipinski definition) is 2. The number of carbonyl (C=O) groups is 1. The lowest BCUT2D eigenvalue weighted by Crippen LogP contribution is -2.07. The summed E-state index contributed by atoms with van der Waals surface area (Å²) in [7, 11) is 0. The molecule has 0 radical (unpaired) electrons. The number of nitrogens with zero attached hydrogens (tertiary/aromatic N) is 1. The molecule has 0 bridgehead atoms. The molecular formula is C12H17N3O. The highest BCUT2D eigenvalue weighted by atomic mass is 16.1. The molecule has 0 aliphatic rings. The zero-order valence-electron chi connectivity index (χ0n) is 10.1. The Kier molecular flexibility index (Phi) is 4.05. The van der Waals surface area contributed by atoms with Gasteiger partial charge in [0.1, 0.15) is 11.5 Å². The van der Waals surface area contributed by atoms with Gasteiger partial charge in [0.2, 0.25) is 5.91 Å². The molecule has 0 aliphatic heterocycles. The minimum Gasteiger partial charge on any atom is -0.346 e. The van der Waals surface area contributed by atoms with Crippen LogP contribution in [0.4, 0.5) is 5.82 Å². The molecule has 0 saturated heterocycles. The zero-order valence-corrected chi connectivity index (χ0v) is 10.1. The predicted octanol–water partition coefficient (Wildman–Crippen LogP) is 2.86. The quantitative estimate of drug-likeness (QED) is 0.774. The molecule has 0 unspecified atom stereocenters. The van der Waals surface area contributed by atoms with Gasteiger partial charge >= 0.3 is 0 Å². The molecule has 86 valence electrons. The highest BCUT2D eigenvalue weighted by molar-refractivity contribution is 5.90. The van der Waals surface area contributed by atoms with Crippen LogP contribution in [0.1, 0.15) is 26.3 Å². The van der Waals surface area contributed by atoms with E-state index in [2.05, 4.69) is 15.3 Å². The van der Waals surface area contributed by atoms with E-state index in [0.29, 0.717) is 5.82 Å². The number of pyridine rings is 1. The normalized spacial score (nSPS) is 9.50. The number of rotatable bonds is 1. The Bertz CT molecular complexity index is 488. The lowest BCUT2D eigenvalue weighted by molar-refractivity contribution is -0.114. The van der Waals surface area contributed by atoms with Gasteiger partial charge in [-0.1, -0.05) is 13.8 Å². The third-order valence-electron chi connectivity index (χ3n) is 2.04.